The average molecular weight is 212 g/mol. The van der Waals surface area contributed by atoms with Crippen LogP contribution in [0.5, 0.6) is 0 Å². The van der Waals surface area contributed by atoms with Gasteiger partial charge in [0.25, 0.3) is 0 Å². The van der Waals surface area contributed by atoms with Crippen LogP contribution in [0, 0.1) is 0 Å². The molecule has 2 nitrogen and oxygen atoms in total. The van der Waals surface area contributed by atoms with Gasteiger partial charge in [-0.2, -0.15) is 0 Å². The number of hydrogen-bond acceptors (Lipinski definition) is 2. The highest BCUT2D eigenvalue weighted by atomic mass is 16.5. The van der Waals surface area contributed by atoms with Gasteiger partial charge in [-0.15, -0.1) is 0 Å². The lowest BCUT2D eigenvalue weighted by atomic mass is 10.1. The summed E-state index contributed by atoms with van der Waals surface area (Å²) in [7, 11) is 0. The van der Waals surface area contributed by atoms with E-state index in [1.165, 1.54) is 19.3 Å². The van der Waals surface area contributed by atoms with E-state index in [9.17, 15) is 4.79 Å². The normalized spacial score (nSPS) is 10.0. The Morgan fingerprint density at radius 3 is 2.27 bits per heavy atom. The van der Waals surface area contributed by atoms with Crippen LogP contribution in [0.25, 0.3) is 0 Å². The summed E-state index contributed by atoms with van der Waals surface area (Å²) in [6.07, 6.45) is 8.01. The number of allylic oxidation sites excluding steroid dienone is 1. The number of esters is 1. The Morgan fingerprint density at radius 1 is 1.00 bits per heavy atom. The molecular formula is C13H24O2. The molecule has 0 saturated heterocycles. The van der Waals surface area contributed by atoms with Crippen LogP contribution in [0.2, 0.25) is 0 Å². The number of rotatable bonds is 9. The summed E-state index contributed by atoms with van der Waals surface area (Å²) < 4.78 is 5.10. The molecule has 0 aliphatic heterocycles. The molecule has 0 rings (SSSR count). The van der Waals surface area contributed by atoms with E-state index in [0.717, 1.165) is 25.7 Å². The molecule has 0 amide bonds. The largest absolute Gasteiger partial charge is 0.432 e. The SMILES string of the molecule is C=C(CCCCCC)OC(=O)CCCC. The zero-order valence-electron chi connectivity index (χ0n) is 10.2. The number of carbonyl (C=O) groups is 1. The fourth-order valence-corrected chi connectivity index (χ4v) is 1.33. The summed E-state index contributed by atoms with van der Waals surface area (Å²) >= 11 is 0. The van der Waals surface area contributed by atoms with Crippen LogP contribution in [0.15, 0.2) is 12.3 Å². The van der Waals surface area contributed by atoms with Crippen LogP contribution in [-0.4, -0.2) is 5.97 Å². The number of carbonyl (C=O) groups excluding carboxylic acids is 1. The van der Waals surface area contributed by atoms with Crippen LogP contribution in [0.3, 0.4) is 0 Å². The third kappa shape index (κ3) is 9.51. The maximum Gasteiger partial charge on any atom is 0.310 e. The molecule has 0 unspecified atom stereocenters. The molecule has 0 aromatic rings. The van der Waals surface area contributed by atoms with Crippen LogP contribution in [0.4, 0.5) is 0 Å². The van der Waals surface area contributed by atoms with Crippen molar-refractivity contribution in [2.75, 3.05) is 0 Å². The van der Waals surface area contributed by atoms with E-state index in [0.29, 0.717) is 12.2 Å². The van der Waals surface area contributed by atoms with Crippen molar-refractivity contribution in [1.82, 2.24) is 0 Å². The van der Waals surface area contributed by atoms with Gasteiger partial charge in [0, 0.05) is 12.8 Å². The van der Waals surface area contributed by atoms with Gasteiger partial charge in [0.2, 0.25) is 0 Å². The van der Waals surface area contributed by atoms with Crippen molar-refractivity contribution in [2.45, 2.75) is 65.2 Å². The lowest BCUT2D eigenvalue weighted by Gasteiger charge is -2.06. The first-order chi connectivity index (χ1) is 7.20. The van der Waals surface area contributed by atoms with Crippen LogP contribution in [-0.2, 0) is 9.53 Å². The molecule has 0 spiro atoms. The van der Waals surface area contributed by atoms with Crippen molar-refractivity contribution >= 4 is 5.97 Å². The van der Waals surface area contributed by atoms with E-state index >= 15 is 0 Å². The average Bonchev–Trinajstić information content (AvgIpc) is 2.21. The van der Waals surface area contributed by atoms with E-state index < -0.39 is 0 Å². The predicted octanol–water partition coefficient (Wildman–Crippen LogP) is 4.20. The topological polar surface area (TPSA) is 26.3 Å². The standard InChI is InChI=1S/C13H24O2/c1-4-6-8-9-10-12(3)15-13(14)11-7-5-2/h3-11H2,1-2H3. The molecule has 0 saturated carbocycles. The van der Waals surface area contributed by atoms with Crippen LogP contribution < -0.4 is 0 Å². The zero-order chi connectivity index (χ0) is 11.5. The molecule has 88 valence electrons. The lowest BCUT2D eigenvalue weighted by molar-refractivity contribution is -0.139. The Bertz CT molecular complexity index is 185. The van der Waals surface area contributed by atoms with E-state index in [1.54, 1.807) is 0 Å². The fraction of sp³-hybridized carbons (Fsp3) is 0.769. The molecule has 0 aromatic heterocycles. The van der Waals surface area contributed by atoms with Crippen molar-refractivity contribution in [3.05, 3.63) is 12.3 Å². The Hall–Kier alpha value is -0.790. The molecule has 0 N–H and O–H groups in total. The Morgan fingerprint density at radius 2 is 1.67 bits per heavy atom. The van der Waals surface area contributed by atoms with E-state index in [4.69, 9.17) is 4.74 Å². The van der Waals surface area contributed by atoms with Crippen molar-refractivity contribution in [1.29, 1.82) is 0 Å². The van der Waals surface area contributed by atoms with Gasteiger partial charge in [-0.1, -0.05) is 46.1 Å². The maximum absolute atomic E-state index is 11.2. The summed E-state index contributed by atoms with van der Waals surface area (Å²) in [5.41, 5.74) is 0. The van der Waals surface area contributed by atoms with Crippen molar-refractivity contribution in [2.24, 2.45) is 0 Å². The Kier molecular flexibility index (Phi) is 9.24. The van der Waals surface area contributed by atoms with E-state index in [2.05, 4.69) is 20.4 Å². The molecule has 0 aromatic carbocycles. The maximum atomic E-state index is 11.2. The quantitative estimate of drug-likeness (QED) is 0.325. The smallest absolute Gasteiger partial charge is 0.310 e. The molecule has 0 aliphatic carbocycles. The van der Waals surface area contributed by atoms with Gasteiger partial charge in [0.1, 0.15) is 5.76 Å². The number of ether oxygens (including phenoxy) is 1. The van der Waals surface area contributed by atoms with Crippen molar-refractivity contribution in [3.63, 3.8) is 0 Å². The molecule has 2 heteroatoms. The molecule has 0 radical (unpaired) electrons. The molecule has 15 heavy (non-hydrogen) atoms. The minimum atomic E-state index is -0.127. The number of unbranched alkanes of at least 4 members (excludes halogenated alkanes) is 4. The molecule has 0 fully saturated rings. The number of hydrogen-bond donors (Lipinski definition) is 0. The highest BCUT2D eigenvalue weighted by molar-refractivity contribution is 5.70. The monoisotopic (exact) mass is 212 g/mol. The van der Waals surface area contributed by atoms with Crippen LogP contribution >= 0.6 is 0 Å². The first-order valence-corrected chi connectivity index (χ1v) is 6.09. The third-order valence-electron chi connectivity index (χ3n) is 2.30. The highest BCUT2D eigenvalue weighted by Crippen LogP contribution is 2.11. The van der Waals surface area contributed by atoms with E-state index in [1.807, 2.05) is 0 Å². The predicted molar refractivity (Wildman–Crippen MR) is 63.5 cm³/mol. The first kappa shape index (κ1) is 14.2. The van der Waals surface area contributed by atoms with Crippen molar-refractivity contribution in [3.8, 4) is 0 Å². The third-order valence-corrected chi connectivity index (χ3v) is 2.30. The first-order valence-electron chi connectivity index (χ1n) is 6.09. The van der Waals surface area contributed by atoms with Crippen molar-refractivity contribution < 1.29 is 9.53 Å². The second-order valence-electron chi connectivity index (χ2n) is 3.93. The fourth-order valence-electron chi connectivity index (χ4n) is 1.33. The highest BCUT2D eigenvalue weighted by Gasteiger charge is 2.04. The van der Waals surface area contributed by atoms with Gasteiger partial charge in [-0.25, -0.2) is 0 Å². The minimum Gasteiger partial charge on any atom is -0.432 e. The molecule has 0 atom stereocenters. The second-order valence-corrected chi connectivity index (χ2v) is 3.93. The zero-order valence-corrected chi connectivity index (χ0v) is 10.2. The van der Waals surface area contributed by atoms with E-state index in [-0.39, 0.29) is 5.97 Å². The second kappa shape index (κ2) is 9.75. The molecular weight excluding hydrogens is 188 g/mol. The Labute approximate surface area is 93.7 Å². The van der Waals surface area contributed by atoms with Gasteiger partial charge in [-0.05, 0) is 12.8 Å². The van der Waals surface area contributed by atoms with Gasteiger partial charge in [0.05, 0.1) is 0 Å². The van der Waals surface area contributed by atoms with Crippen LogP contribution in [0.1, 0.15) is 65.2 Å². The van der Waals surface area contributed by atoms with Gasteiger partial charge < -0.3 is 4.74 Å². The van der Waals surface area contributed by atoms with Gasteiger partial charge >= 0.3 is 5.97 Å². The lowest BCUT2D eigenvalue weighted by Crippen LogP contribution is -2.03. The molecule has 0 bridgehead atoms. The van der Waals surface area contributed by atoms with Gasteiger partial charge in [0.15, 0.2) is 0 Å². The summed E-state index contributed by atoms with van der Waals surface area (Å²) in [6, 6.07) is 0. The summed E-state index contributed by atoms with van der Waals surface area (Å²) in [6.45, 7) is 8.00. The summed E-state index contributed by atoms with van der Waals surface area (Å²) in [5, 5.41) is 0. The summed E-state index contributed by atoms with van der Waals surface area (Å²) in [5.74, 6) is 0.504. The Balaban J connectivity index is 3.43. The molecule has 0 aliphatic rings. The minimum absolute atomic E-state index is 0.127. The summed E-state index contributed by atoms with van der Waals surface area (Å²) in [4.78, 5) is 11.2. The molecule has 0 heterocycles. The van der Waals surface area contributed by atoms with Gasteiger partial charge in [-0.3, -0.25) is 4.79 Å².